The first-order valence-corrected chi connectivity index (χ1v) is 11.1. The Bertz CT molecular complexity index is 573. The molecule has 27 heavy (non-hydrogen) atoms. The van der Waals surface area contributed by atoms with Gasteiger partial charge in [-0.25, -0.2) is 0 Å². The predicted octanol–water partition coefficient (Wildman–Crippen LogP) is 4.13. The van der Waals surface area contributed by atoms with E-state index in [2.05, 4.69) is 34.5 Å². The molecular weight excluding hydrogens is 336 g/mol. The molecule has 4 heteroatoms. The molecule has 1 N–H and O–H groups in total. The Kier molecular flexibility index (Phi) is 6.69. The second kappa shape index (κ2) is 9.40. The topological polar surface area (TPSA) is 33.7 Å². The van der Waals surface area contributed by atoms with Crippen LogP contribution in [-0.2, 0) is 11.3 Å². The fourth-order valence-electron chi connectivity index (χ4n) is 5.09. The number of ether oxygens (including phenoxy) is 2. The van der Waals surface area contributed by atoms with Gasteiger partial charge in [-0.15, -0.1) is 0 Å². The second-order valence-electron chi connectivity index (χ2n) is 8.66. The summed E-state index contributed by atoms with van der Waals surface area (Å²) in [4.78, 5) is 2.76. The zero-order valence-corrected chi connectivity index (χ0v) is 16.8. The molecule has 1 aliphatic carbocycles. The molecule has 0 unspecified atom stereocenters. The fraction of sp³-hybridized carbons (Fsp3) is 0.739. The highest BCUT2D eigenvalue weighted by Gasteiger charge is 2.38. The van der Waals surface area contributed by atoms with Crippen LogP contribution in [0.5, 0.6) is 5.75 Å². The average Bonchev–Trinajstić information content (AvgIpc) is 3.23. The van der Waals surface area contributed by atoms with Crippen LogP contribution in [0.1, 0.15) is 63.4 Å². The first kappa shape index (κ1) is 19.2. The van der Waals surface area contributed by atoms with Crippen LogP contribution in [0.2, 0.25) is 0 Å². The van der Waals surface area contributed by atoms with Crippen LogP contribution < -0.4 is 10.1 Å². The van der Waals surface area contributed by atoms with Crippen LogP contribution in [0.3, 0.4) is 0 Å². The minimum Gasteiger partial charge on any atom is -0.490 e. The van der Waals surface area contributed by atoms with Crippen LogP contribution in [0.4, 0.5) is 0 Å². The summed E-state index contributed by atoms with van der Waals surface area (Å²) in [6, 6.07) is 8.68. The van der Waals surface area contributed by atoms with Crippen molar-refractivity contribution in [2.45, 2.75) is 76.0 Å². The molecule has 2 saturated heterocycles. The Balaban J connectivity index is 1.33. The SMILES string of the molecule is c1cc(CNCC2(N3CCCCC3)CCOCC2)cc(OC2CCCC2)c1. The molecule has 0 bridgehead atoms. The van der Waals surface area contributed by atoms with Gasteiger partial charge in [0.1, 0.15) is 5.75 Å². The van der Waals surface area contributed by atoms with E-state index in [0.717, 1.165) is 44.9 Å². The van der Waals surface area contributed by atoms with Gasteiger partial charge in [-0.1, -0.05) is 18.6 Å². The number of hydrogen-bond acceptors (Lipinski definition) is 4. The highest BCUT2D eigenvalue weighted by Crippen LogP contribution is 2.30. The molecule has 0 radical (unpaired) electrons. The largest absolute Gasteiger partial charge is 0.490 e. The summed E-state index contributed by atoms with van der Waals surface area (Å²) in [7, 11) is 0. The Labute approximate surface area is 164 Å². The van der Waals surface area contributed by atoms with Gasteiger partial charge in [0, 0.05) is 31.8 Å². The van der Waals surface area contributed by atoms with Crippen molar-refractivity contribution in [3.8, 4) is 5.75 Å². The lowest BCUT2D eigenvalue weighted by molar-refractivity contribution is -0.0358. The highest BCUT2D eigenvalue weighted by atomic mass is 16.5. The van der Waals surface area contributed by atoms with Crippen molar-refractivity contribution in [2.75, 3.05) is 32.8 Å². The quantitative estimate of drug-likeness (QED) is 0.780. The van der Waals surface area contributed by atoms with E-state index < -0.39 is 0 Å². The van der Waals surface area contributed by atoms with Crippen molar-refractivity contribution < 1.29 is 9.47 Å². The van der Waals surface area contributed by atoms with E-state index in [-0.39, 0.29) is 5.54 Å². The number of likely N-dealkylation sites (tertiary alicyclic amines) is 1. The van der Waals surface area contributed by atoms with Crippen molar-refractivity contribution in [2.24, 2.45) is 0 Å². The van der Waals surface area contributed by atoms with Crippen molar-refractivity contribution in [3.05, 3.63) is 29.8 Å². The van der Waals surface area contributed by atoms with Gasteiger partial charge in [-0.05, 0) is 82.2 Å². The van der Waals surface area contributed by atoms with Gasteiger partial charge < -0.3 is 14.8 Å². The van der Waals surface area contributed by atoms with Crippen LogP contribution in [0.25, 0.3) is 0 Å². The van der Waals surface area contributed by atoms with Crippen molar-refractivity contribution >= 4 is 0 Å². The third kappa shape index (κ3) is 5.04. The molecule has 2 aliphatic heterocycles. The van der Waals surface area contributed by atoms with Crippen LogP contribution in [0.15, 0.2) is 24.3 Å². The zero-order chi connectivity index (χ0) is 18.4. The zero-order valence-electron chi connectivity index (χ0n) is 16.8. The number of benzene rings is 1. The normalized spacial score (nSPS) is 24.1. The summed E-state index contributed by atoms with van der Waals surface area (Å²) in [6.07, 6.45) is 11.9. The van der Waals surface area contributed by atoms with E-state index in [1.54, 1.807) is 0 Å². The number of nitrogens with one attached hydrogen (secondary N) is 1. The van der Waals surface area contributed by atoms with E-state index in [0.29, 0.717) is 6.10 Å². The minimum atomic E-state index is 0.288. The minimum absolute atomic E-state index is 0.288. The summed E-state index contributed by atoms with van der Waals surface area (Å²) in [5.41, 5.74) is 1.61. The molecule has 0 spiro atoms. The maximum Gasteiger partial charge on any atom is 0.120 e. The third-order valence-electron chi connectivity index (χ3n) is 6.74. The van der Waals surface area contributed by atoms with Crippen molar-refractivity contribution in [3.63, 3.8) is 0 Å². The van der Waals surface area contributed by atoms with E-state index in [1.807, 2.05) is 0 Å². The molecular formula is C23H36N2O2. The van der Waals surface area contributed by atoms with E-state index in [9.17, 15) is 0 Å². The monoisotopic (exact) mass is 372 g/mol. The third-order valence-corrected chi connectivity index (χ3v) is 6.74. The van der Waals surface area contributed by atoms with E-state index in [1.165, 1.54) is 63.6 Å². The smallest absolute Gasteiger partial charge is 0.120 e. The molecule has 150 valence electrons. The van der Waals surface area contributed by atoms with Crippen LogP contribution in [-0.4, -0.2) is 49.4 Å². The number of nitrogens with zero attached hydrogens (tertiary/aromatic N) is 1. The molecule has 3 fully saturated rings. The molecule has 0 amide bonds. The predicted molar refractivity (Wildman–Crippen MR) is 109 cm³/mol. The second-order valence-corrected chi connectivity index (χ2v) is 8.66. The number of hydrogen-bond donors (Lipinski definition) is 1. The molecule has 1 aromatic rings. The van der Waals surface area contributed by atoms with Gasteiger partial charge in [0.15, 0.2) is 0 Å². The molecule has 0 atom stereocenters. The van der Waals surface area contributed by atoms with Gasteiger partial charge in [0.25, 0.3) is 0 Å². The molecule has 4 rings (SSSR count). The number of piperidine rings is 1. The van der Waals surface area contributed by atoms with Crippen LogP contribution in [0, 0.1) is 0 Å². The summed E-state index contributed by atoms with van der Waals surface area (Å²) in [5.74, 6) is 1.04. The molecule has 4 nitrogen and oxygen atoms in total. The van der Waals surface area contributed by atoms with Crippen LogP contribution >= 0.6 is 0 Å². The molecule has 1 aromatic carbocycles. The molecule has 0 aromatic heterocycles. The lowest BCUT2D eigenvalue weighted by Crippen LogP contribution is -2.59. The lowest BCUT2D eigenvalue weighted by Gasteiger charge is -2.48. The lowest BCUT2D eigenvalue weighted by atomic mass is 9.86. The molecule has 1 saturated carbocycles. The maximum atomic E-state index is 6.17. The maximum absolute atomic E-state index is 6.17. The van der Waals surface area contributed by atoms with Crippen molar-refractivity contribution in [1.82, 2.24) is 10.2 Å². The Morgan fingerprint density at radius 1 is 1.04 bits per heavy atom. The summed E-state index contributed by atoms with van der Waals surface area (Å²) < 4.78 is 11.9. The van der Waals surface area contributed by atoms with Gasteiger partial charge in [-0.3, -0.25) is 4.90 Å². The standard InChI is InChI=1S/C23H36N2O2/c1-4-13-25(14-5-1)23(11-15-26-16-12-23)19-24-18-20-7-6-10-22(17-20)27-21-8-2-3-9-21/h6-7,10,17,21,24H,1-5,8-9,11-16,18-19H2. The van der Waals surface area contributed by atoms with Gasteiger partial charge >= 0.3 is 0 Å². The van der Waals surface area contributed by atoms with Gasteiger partial charge in [-0.2, -0.15) is 0 Å². The summed E-state index contributed by atoms with van der Waals surface area (Å²) >= 11 is 0. The summed E-state index contributed by atoms with van der Waals surface area (Å²) in [6.45, 7) is 6.30. The Hall–Kier alpha value is -1.10. The Morgan fingerprint density at radius 2 is 1.81 bits per heavy atom. The number of rotatable bonds is 7. The van der Waals surface area contributed by atoms with E-state index in [4.69, 9.17) is 9.47 Å². The first-order chi connectivity index (χ1) is 13.3. The first-order valence-electron chi connectivity index (χ1n) is 11.1. The van der Waals surface area contributed by atoms with Gasteiger partial charge in [0.05, 0.1) is 6.10 Å². The molecule has 3 aliphatic rings. The summed E-state index contributed by atoms with van der Waals surface area (Å²) in [5, 5.41) is 3.78. The fourth-order valence-corrected chi connectivity index (χ4v) is 5.09. The average molecular weight is 373 g/mol. The van der Waals surface area contributed by atoms with E-state index >= 15 is 0 Å². The van der Waals surface area contributed by atoms with Gasteiger partial charge in [0.2, 0.25) is 0 Å². The Morgan fingerprint density at radius 3 is 2.59 bits per heavy atom. The highest BCUT2D eigenvalue weighted by molar-refractivity contribution is 5.28. The molecule has 2 heterocycles. The van der Waals surface area contributed by atoms with Crippen molar-refractivity contribution in [1.29, 1.82) is 0 Å².